The lowest BCUT2D eigenvalue weighted by Gasteiger charge is -2.31. The van der Waals surface area contributed by atoms with Gasteiger partial charge in [0.25, 0.3) is 0 Å². The molecule has 0 bridgehead atoms. The number of esters is 1. The number of carbonyl (C=O) groups excluding carboxylic acids is 1. The number of hydrogen-bond acceptors (Lipinski definition) is 8. The number of aromatic nitrogens is 2. The molecule has 1 atom stereocenters. The summed E-state index contributed by atoms with van der Waals surface area (Å²) in [6.07, 6.45) is 1.59. The predicted octanol–water partition coefficient (Wildman–Crippen LogP) is 3.15. The van der Waals surface area contributed by atoms with Crippen LogP contribution in [-0.4, -0.2) is 36.5 Å². The fourth-order valence-electron chi connectivity index (χ4n) is 3.44. The molecule has 150 valence electrons. The van der Waals surface area contributed by atoms with E-state index in [0.717, 1.165) is 0 Å². The Labute approximate surface area is 169 Å². The van der Waals surface area contributed by atoms with Crippen LogP contribution in [0.4, 0.5) is 5.69 Å². The summed E-state index contributed by atoms with van der Waals surface area (Å²) in [6, 6.07) is 7.21. The van der Waals surface area contributed by atoms with E-state index in [2.05, 4.69) is 21.6 Å². The van der Waals surface area contributed by atoms with E-state index in [0.29, 0.717) is 51.9 Å². The van der Waals surface area contributed by atoms with Gasteiger partial charge in [0, 0.05) is 11.3 Å². The van der Waals surface area contributed by atoms with Gasteiger partial charge in [-0.3, -0.25) is 0 Å². The third-order valence-corrected chi connectivity index (χ3v) is 4.61. The monoisotopic (exact) mass is 394 g/mol. The van der Waals surface area contributed by atoms with E-state index in [9.17, 15) is 10.1 Å². The molecule has 29 heavy (non-hydrogen) atoms. The summed E-state index contributed by atoms with van der Waals surface area (Å²) in [5.41, 5.74) is 3.57. The molecule has 3 rings (SSSR count). The Morgan fingerprint density at radius 1 is 1.31 bits per heavy atom. The Hall–Kier alpha value is -3.60. The Balaban J connectivity index is 2.30. The number of nitrogens with zero attached hydrogens (tertiary/aromatic N) is 3. The first-order valence-corrected chi connectivity index (χ1v) is 9.26. The molecule has 2 aromatic rings. The third-order valence-electron chi connectivity index (χ3n) is 4.61. The van der Waals surface area contributed by atoms with Crippen molar-refractivity contribution in [3.8, 4) is 17.7 Å². The minimum Gasteiger partial charge on any atom is -0.496 e. The third kappa shape index (κ3) is 3.72. The normalized spacial score (nSPS) is 15.1. The van der Waals surface area contributed by atoms with Crippen molar-refractivity contribution in [2.45, 2.75) is 26.7 Å². The van der Waals surface area contributed by atoms with Crippen molar-refractivity contribution in [3.05, 3.63) is 52.4 Å². The number of ether oxygens (including phenoxy) is 3. The van der Waals surface area contributed by atoms with E-state index in [-0.39, 0.29) is 6.61 Å². The highest BCUT2D eigenvalue weighted by Crippen LogP contribution is 2.47. The summed E-state index contributed by atoms with van der Waals surface area (Å²) < 4.78 is 16.6. The number of allylic oxidation sites excluding steroid dienone is 1. The van der Waals surface area contributed by atoms with Gasteiger partial charge >= 0.3 is 5.97 Å². The molecule has 1 aliphatic rings. The number of hydrogen-bond donors (Lipinski definition) is 1. The molecule has 8 nitrogen and oxygen atoms in total. The van der Waals surface area contributed by atoms with Crippen molar-refractivity contribution in [1.82, 2.24) is 10.2 Å². The first-order chi connectivity index (χ1) is 14.0. The Morgan fingerprint density at radius 2 is 2.10 bits per heavy atom. The maximum atomic E-state index is 12.9. The molecule has 8 heteroatoms. The molecule has 1 aromatic carbocycles. The molecular weight excluding hydrogens is 372 g/mol. The second kappa shape index (κ2) is 8.61. The van der Waals surface area contributed by atoms with E-state index in [1.165, 1.54) is 7.11 Å². The molecule has 0 amide bonds. The highest BCUT2D eigenvalue weighted by Gasteiger charge is 2.38. The zero-order chi connectivity index (χ0) is 21.0. The molecule has 1 N–H and O–H groups in total. The Morgan fingerprint density at radius 3 is 2.76 bits per heavy atom. The van der Waals surface area contributed by atoms with Crippen molar-refractivity contribution >= 4 is 11.7 Å². The minimum absolute atomic E-state index is 0.243. The van der Waals surface area contributed by atoms with Gasteiger partial charge in [-0.2, -0.15) is 10.4 Å². The van der Waals surface area contributed by atoms with Crippen molar-refractivity contribution < 1.29 is 19.0 Å². The van der Waals surface area contributed by atoms with Gasteiger partial charge in [0.1, 0.15) is 5.75 Å². The molecule has 0 fully saturated rings. The van der Waals surface area contributed by atoms with E-state index in [1.807, 2.05) is 6.92 Å². The molecule has 1 aromatic heterocycles. The van der Waals surface area contributed by atoms with E-state index >= 15 is 0 Å². The second-order valence-corrected chi connectivity index (χ2v) is 6.30. The van der Waals surface area contributed by atoms with Gasteiger partial charge in [-0.25, -0.2) is 4.79 Å². The number of fused-ring (bicyclic) bond motifs is 1. The number of nitrogens with one attached hydrogen (secondary N) is 1. The molecule has 0 saturated carbocycles. The van der Waals surface area contributed by atoms with E-state index in [1.54, 1.807) is 38.2 Å². The van der Waals surface area contributed by atoms with Crippen molar-refractivity contribution in [2.75, 3.05) is 25.6 Å². The lowest BCUT2D eigenvalue weighted by molar-refractivity contribution is -0.138. The standard InChI is InChI=1S/C21H22N4O4/c1-5-28-20-19-15(11-23-25-20)24-12(3)17(21(26)29-6-2)18(19)14-8-7-13(10-22)9-16(14)27-4/h7-9,11,18,24H,5-6H2,1-4H3. The smallest absolute Gasteiger partial charge is 0.336 e. The number of nitriles is 1. The number of rotatable bonds is 6. The van der Waals surface area contributed by atoms with Crippen LogP contribution in [-0.2, 0) is 9.53 Å². The second-order valence-electron chi connectivity index (χ2n) is 6.30. The van der Waals surface area contributed by atoms with Crippen LogP contribution in [0.3, 0.4) is 0 Å². The molecule has 1 unspecified atom stereocenters. The zero-order valence-electron chi connectivity index (χ0n) is 16.8. The number of anilines is 1. The van der Waals surface area contributed by atoms with Crippen LogP contribution in [0.2, 0.25) is 0 Å². The molecule has 0 spiro atoms. The lowest BCUT2D eigenvalue weighted by Crippen LogP contribution is -2.26. The zero-order valence-corrected chi connectivity index (χ0v) is 16.8. The quantitative estimate of drug-likeness (QED) is 0.745. The SMILES string of the molecule is CCOC(=O)C1=C(C)Nc2cnnc(OCC)c2C1c1ccc(C#N)cc1OC. The maximum absolute atomic E-state index is 12.9. The molecule has 0 saturated heterocycles. The van der Waals surface area contributed by atoms with Crippen molar-refractivity contribution in [3.63, 3.8) is 0 Å². The van der Waals surface area contributed by atoms with Gasteiger partial charge in [0.05, 0.1) is 60.9 Å². The number of methoxy groups -OCH3 is 1. The van der Waals surface area contributed by atoms with Crippen LogP contribution in [0.5, 0.6) is 11.6 Å². The molecule has 1 aliphatic heterocycles. The van der Waals surface area contributed by atoms with Gasteiger partial charge in [0.2, 0.25) is 5.88 Å². The highest BCUT2D eigenvalue weighted by atomic mass is 16.5. The topological polar surface area (TPSA) is 106 Å². The van der Waals surface area contributed by atoms with Crippen molar-refractivity contribution in [1.29, 1.82) is 5.26 Å². The number of carbonyl (C=O) groups is 1. The first-order valence-electron chi connectivity index (χ1n) is 9.26. The molecule has 0 radical (unpaired) electrons. The molecule has 0 aliphatic carbocycles. The molecular formula is C21H22N4O4. The minimum atomic E-state index is -0.565. The van der Waals surface area contributed by atoms with Gasteiger partial charge in [-0.15, -0.1) is 5.10 Å². The predicted molar refractivity (Wildman–Crippen MR) is 106 cm³/mol. The van der Waals surface area contributed by atoms with Gasteiger partial charge in [0.15, 0.2) is 0 Å². The Kier molecular flexibility index (Phi) is 5.98. The summed E-state index contributed by atoms with van der Waals surface area (Å²) in [6.45, 7) is 6.04. The highest BCUT2D eigenvalue weighted by molar-refractivity contribution is 5.95. The summed E-state index contributed by atoms with van der Waals surface area (Å²) in [5.74, 6) is -0.206. The van der Waals surface area contributed by atoms with Gasteiger partial charge < -0.3 is 19.5 Å². The summed E-state index contributed by atoms with van der Waals surface area (Å²) in [5, 5.41) is 20.6. The average molecular weight is 394 g/mol. The van der Waals surface area contributed by atoms with Crippen molar-refractivity contribution in [2.24, 2.45) is 0 Å². The van der Waals surface area contributed by atoms with Gasteiger partial charge in [-0.05, 0) is 32.9 Å². The van der Waals surface area contributed by atoms with E-state index < -0.39 is 11.9 Å². The summed E-state index contributed by atoms with van der Waals surface area (Å²) >= 11 is 0. The maximum Gasteiger partial charge on any atom is 0.336 e. The summed E-state index contributed by atoms with van der Waals surface area (Å²) in [4.78, 5) is 12.9. The van der Waals surface area contributed by atoms with Gasteiger partial charge in [-0.1, -0.05) is 6.07 Å². The van der Waals surface area contributed by atoms with Crippen LogP contribution < -0.4 is 14.8 Å². The summed E-state index contributed by atoms with van der Waals surface area (Å²) in [7, 11) is 1.52. The number of benzene rings is 1. The fourth-order valence-corrected chi connectivity index (χ4v) is 3.44. The van der Waals surface area contributed by atoms with Crippen LogP contribution in [0, 0.1) is 11.3 Å². The van der Waals surface area contributed by atoms with Crippen LogP contribution in [0.1, 0.15) is 43.4 Å². The van der Waals surface area contributed by atoms with Crippen LogP contribution >= 0.6 is 0 Å². The van der Waals surface area contributed by atoms with Crippen LogP contribution in [0.25, 0.3) is 0 Å². The largest absolute Gasteiger partial charge is 0.496 e. The first kappa shape index (κ1) is 20.1. The Bertz CT molecular complexity index is 1010. The molecule has 2 heterocycles. The average Bonchev–Trinajstić information content (AvgIpc) is 2.72. The fraction of sp³-hybridized carbons (Fsp3) is 0.333. The lowest BCUT2D eigenvalue weighted by atomic mass is 9.80. The van der Waals surface area contributed by atoms with Crippen LogP contribution in [0.15, 0.2) is 35.7 Å². The van der Waals surface area contributed by atoms with E-state index in [4.69, 9.17) is 14.2 Å².